The van der Waals surface area contributed by atoms with Crippen molar-refractivity contribution in [3.63, 3.8) is 0 Å². The van der Waals surface area contributed by atoms with Crippen molar-refractivity contribution >= 4 is 26.4 Å². The van der Waals surface area contributed by atoms with Gasteiger partial charge >= 0.3 is 0 Å². The Hall–Kier alpha value is -2.47. The summed E-state index contributed by atoms with van der Waals surface area (Å²) in [5, 5.41) is 0.598. The Bertz CT molecular complexity index is 1080. The number of hydrogen-bond acceptors (Lipinski definition) is 3. The molecule has 1 aliphatic heterocycles. The van der Waals surface area contributed by atoms with Gasteiger partial charge in [-0.3, -0.25) is 0 Å². The second-order valence-corrected chi connectivity index (χ2v) is 9.12. The van der Waals surface area contributed by atoms with E-state index in [9.17, 15) is 12.8 Å². The summed E-state index contributed by atoms with van der Waals surface area (Å²) < 4.78 is 40.8. The molecule has 0 bridgehead atoms. The Labute approximate surface area is 158 Å². The van der Waals surface area contributed by atoms with E-state index in [1.165, 1.54) is 18.3 Å². The van der Waals surface area contributed by atoms with E-state index < -0.39 is 9.84 Å². The van der Waals surface area contributed by atoms with E-state index >= 15 is 0 Å². The van der Waals surface area contributed by atoms with Crippen LogP contribution in [0.5, 0.6) is 0 Å². The number of rotatable bonds is 3. The predicted octanol–water partition coefficient (Wildman–Crippen LogP) is 3.86. The Morgan fingerprint density at radius 3 is 2.67 bits per heavy atom. The zero-order chi connectivity index (χ0) is 19.0. The molecule has 1 atom stereocenters. The summed E-state index contributed by atoms with van der Waals surface area (Å²) in [6.07, 6.45) is 3.64. The van der Waals surface area contributed by atoms with Crippen molar-refractivity contribution in [3.05, 3.63) is 60.5 Å². The van der Waals surface area contributed by atoms with E-state index in [4.69, 9.17) is 0 Å². The van der Waals surface area contributed by atoms with E-state index in [-0.39, 0.29) is 15.6 Å². The highest BCUT2D eigenvalue weighted by Crippen LogP contribution is 2.36. The van der Waals surface area contributed by atoms with Gasteiger partial charge in [-0.05, 0) is 43.0 Å². The summed E-state index contributed by atoms with van der Waals surface area (Å²) in [6.45, 7) is 3.68. The van der Waals surface area contributed by atoms with Crippen molar-refractivity contribution < 1.29 is 17.8 Å². The molecule has 1 fully saturated rings. The minimum Gasteiger partial charge on any atom is -0.369 e. The number of H-pyrrole nitrogens is 1. The highest BCUT2D eigenvalue weighted by Gasteiger charge is 2.31. The zero-order valence-electron chi connectivity index (χ0n) is 15.2. The van der Waals surface area contributed by atoms with E-state index in [0.29, 0.717) is 17.0 Å². The number of aromatic amines is 1. The number of sulfone groups is 1. The van der Waals surface area contributed by atoms with Crippen LogP contribution in [0.4, 0.5) is 10.1 Å². The first kappa shape index (κ1) is 17.9. The van der Waals surface area contributed by atoms with Gasteiger partial charge in [0.15, 0.2) is 11.1 Å². The average molecular weight is 385 g/mol. The number of nitrogens with one attached hydrogen (secondary N) is 1. The number of nitrogens with zero attached hydrogens (tertiary/aromatic N) is 1. The number of anilines is 1. The summed E-state index contributed by atoms with van der Waals surface area (Å²) in [6, 6.07) is 12.8. The van der Waals surface area contributed by atoms with Crippen LogP contribution in [0.1, 0.15) is 19.8 Å². The third kappa shape index (κ3) is 3.30. The van der Waals surface area contributed by atoms with Gasteiger partial charge in [-0.15, -0.1) is 0 Å². The lowest BCUT2D eigenvalue weighted by molar-refractivity contribution is -0.347. The van der Waals surface area contributed by atoms with Crippen LogP contribution in [0, 0.1) is 11.7 Å². The van der Waals surface area contributed by atoms with Crippen LogP contribution in [0.15, 0.2) is 64.5 Å². The highest BCUT2D eigenvalue weighted by atomic mass is 32.2. The summed E-state index contributed by atoms with van der Waals surface area (Å²) in [7, 11) is -3.74. The first-order chi connectivity index (χ1) is 13.0. The van der Waals surface area contributed by atoms with Crippen LogP contribution in [0.2, 0.25) is 0 Å². The van der Waals surface area contributed by atoms with E-state index in [2.05, 4.69) is 16.8 Å². The normalized spacial score (nSPS) is 18.0. The third-order valence-corrected chi connectivity index (χ3v) is 6.93. The second kappa shape index (κ2) is 6.93. The van der Waals surface area contributed by atoms with Crippen LogP contribution in [-0.2, 0) is 9.84 Å². The highest BCUT2D eigenvalue weighted by molar-refractivity contribution is 7.91. The number of hydrogen-bond donors (Lipinski definition) is 0. The number of pyridine rings is 1. The Balaban J connectivity index is 1.99. The largest absolute Gasteiger partial charge is 0.369 e. The van der Waals surface area contributed by atoms with Crippen LogP contribution in [0.3, 0.4) is 0 Å². The van der Waals surface area contributed by atoms with Gasteiger partial charge in [0.2, 0.25) is 15.4 Å². The summed E-state index contributed by atoms with van der Waals surface area (Å²) >= 11 is 0. The van der Waals surface area contributed by atoms with E-state index in [0.717, 1.165) is 31.4 Å². The van der Waals surface area contributed by atoms with Gasteiger partial charge in [-0.2, -0.15) is 0 Å². The number of aromatic nitrogens is 1. The maximum atomic E-state index is 14.0. The molecule has 0 spiro atoms. The fraction of sp³-hybridized carbons (Fsp3) is 0.286. The molecule has 1 aromatic heterocycles. The molecule has 0 unspecified atom stereocenters. The number of piperidine rings is 1. The van der Waals surface area contributed by atoms with Crippen molar-refractivity contribution in [1.29, 1.82) is 0 Å². The standard InChI is InChI=1S/C21H21FN2O2S/c1-15-6-5-11-24(14-15)21-18-12-16(22)9-10-19(18)23-13-20(21)27(25,26)17-7-3-2-4-8-17/h2-4,7-10,12-13,15H,5-6,11,14H2,1H3/p+1/t15-/m1/s1. The van der Waals surface area contributed by atoms with E-state index in [1.54, 1.807) is 36.4 Å². The SMILES string of the molecule is C[C@@H]1CCCN(c2c(S(=O)(=O)c3ccccc3)c[nH+]c3ccc(F)cc23)C1. The molecule has 4 nitrogen and oxygen atoms in total. The monoisotopic (exact) mass is 385 g/mol. The minimum atomic E-state index is -3.74. The van der Waals surface area contributed by atoms with Gasteiger partial charge in [-0.1, -0.05) is 25.1 Å². The van der Waals surface area contributed by atoms with Crippen molar-refractivity contribution in [1.82, 2.24) is 0 Å². The first-order valence-electron chi connectivity index (χ1n) is 9.16. The van der Waals surface area contributed by atoms with Crippen LogP contribution >= 0.6 is 0 Å². The molecular weight excluding hydrogens is 363 g/mol. The molecule has 4 rings (SSSR count). The summed E-state index contributed by atoms with van der Waals surface area (Å²) in [5.41, 5.74) is 1.32. The molecule has 1 aliphatic rings. The van der Waals surface area contributed by atoms with Gasteiger partial charge in [-0.25, -0.2) is 17.8 Å². The van der Waals surface area contributed by atoms with Crippen molar-refractivity contribution in [2.75, 3.05) is 18.0 Å². The number of fused-ring (bicyclic) bond motifs is 1. The molecular formula is C21H22FN2O2S+. The van der Waals surface area contributed by atoms with Crippen LogP contribution < -0.4 is 9.88 Å². The van der Waals surface area contributed by atoms with Crippen molar-refractivity contribution in [2.24, 2.45) is 5.92 Å². The van der Waals surface area contributed by atoms with E-state index in [1.807, 2.05) is 0 Å². The van der Waals surface area contributed by atoms with Gasteiger partial charge in [0.25, 0.3) is 0 Å². The molecule has 0 radical (unpaired) electrons. The lowest BCUT2D eigenvalue weighted by atomic mass is 9.99. The van der Waals surface area contributed by atoms with Crippen molar-refractivity contribution in [2.45, 2.75) is 29.6 Å². The molecule has 0 saturated carbocycles. The lowest BCUT2D eigenvalue weighted by Gasteiger charge is -2.34. The molecule has 3 aromatic rings. The maximum absolute atomic E-state index is 14.0. The van der Waals surface area contributed by atoms with Crippen molar-refractivity contribution in [3.8, 4) is 0 Å². The van der Waals surface area contributed by atoms with Crippen LogP contribution in [0.25, 0.3) is 10.9 Å². The van der Waals surface area contributed by atoms with Gasteiger partial charge in [0.05, 0.1) is 16.0 Å². The Morgan fingerprint density at radius 2 is 1.93 bits per heavy atom. The third-order valence-electron chi connectivity index (χ3n) is 5.15. The number of benzene rings is 2. The molecule has 1 saturated heterocycles. The zero-order valence-corrected chi connectivity index (χ0v) is 16.0. The second-order valence-electron chi connectivity index (χ2n) is 7.20. The lowest BCUT2D eigenvalue weighted by Crippen LogP contribution is -2.36. The molecule has 27 heavy (non-hydrogen) atoms. The average Bonchev–Trinajstić information content (AvgIpc) is 2.67. The molecule has 6 heteroatoms. The fourth-order valence-corrected chi connectivity index (χ4v) is 5.31. The summed E-state index contributed by atoms with van der Waals surface area (Å²) in [5.74, 6) is 0.0790. The van der Waals surface area contributed by atoms with Crippen LogP contribution in [-0.4, -0.2) is 21.5 Å². The smallest absolute Gasteiger partial charge is 0.214 e. The topological polar surface area (TPSA) is 51.5 Å². The minimum absolute atomic E-state index is 0.195. The van der Waals surface area contributed by atoms with Gasteiger partial charge < -0.3 is 4.90 Å². The molecule has 0 amide bonds. The molecule has 1 N–H and O–H groups in total. The summed E-state index contributed by atoms with van der Waals surface area (Å²) in [4.78, 5) is 5.57. The molecule has 140 valence electrons. The molecule has 0 aliphatic carbocycles. The Kier molecular flexibility index (Phi) is 4.60. The Morgan fingerprint density at radius 1 is 1.15 bits per heavy atom. The van der Waals surface area contributed by atoms with Gasteiger partial charge in [0.1, 0.15) is 5.82 Å². The fourth-order valence-electron chi connectivity index (χ4n) is 3.83. The molecule has 2 heterocycles. The number of halogens is 1. The van der Waals surface area contributed by atoms with Gasteiger partial charge in [0, 0.05) is 19.2 Å². The predicted molar refractivity (Wildman–Crippen MR) is 103 cm³/mol. The maximum Gasteiger partial charge on any atom is 0.214 e. The first-order valence-corrected chi connectivity index (χ1v) is 10.6. The molecule has 2 aromatic carbocycles. The quantitative estimate of drug-likeness (QED) is 0.688.